The summed E-state index contributed by atoms with van der Waals surface area (Å²) in [7, 11) is 3.20. The van der Waals surface area contributed by atoms with Gasteiger partial charge in [-0.15, -0.1) is 5.10 Å². The number of aromatic nitrogens is 8. The summed E-state index contributed by atoms with van der Waals surface area (Å²) in [5.41, 5.74) is 24.2. The molecule has 10 rings (SSSR count). The molecule has 0 spiro atoms. The van der Waals surface area contributed by atoms with Crippen LogP contribution in [0.1, 0.15) is 144 Å². The molecule has 1 saturated carbocycles. The number of nitrogens with two attached hydrogens (primary N) is 3. The van der Waals surface area contributed by atoms with Gasteiger partial charge in [-0.1, -0.05) is 69.4 Å². The second kappa shape index (κ2) is 51.2. The molecule has 4 aliphatic heterocycles. The van der Waals surface area contributed by atoms with Gasteiger partial charge in [0.05, 0.1) is 154 Å². The van der Waals surface area contributed by atoms with Crippen LogP contribution in [0.15, 0.2) is 82.7 Å². The Hall–Kier alpha value is -8.28. The van der Waals surface area contributed by atoms with E-state index >= 15 is 0 Å². The SMILES string of the molecule is CO[C@H]1C[C@@H]2CC[C@@H](C)[C@@](O)(O2)C(=O)C(=O)N2CCCC[C@H]2C(=O)O[C@H]([C@H](N)C[C@@H]2CC[C@@H](OCCCCc3cn(CCOCCOCCOCCOCCOCCOCCOCCOCCC(=O)N4CC(Cn5nc(-c6ccc7oc(N)nc7c6)c6c(N)ncnc65)C4)nn3)[C@H](OC)C2)CC(=O)[C@H](C)/C=C(\C)[C@@H](O)[C@@H](O)C(=O)[C@H](C)C[C@H](C)/C=C/C=C/C=C/1C. The number of nitrogen functional groups attached to an aromatic ring is 2. The van der Waals surface area contributed by atoms with Gasteiger partial charge in [0.2, 0.25) is 11.7 Å². The molecule has 2 amide bonds. The minimum absolute atomic E-state index is 0.0258. The zero-order chi connectivity index (χ0) is 90.1. The van der Waals surface area contributed by atoms with E-state index in [4.69, 9.17) is 88.3 Å². The third-order valence-electron chi connectivity index (χ3n) is 24.2. The number of likely N-dealkylation sites (tertiary alicyclic amines) is 1. The molecule has 8 heterocycles. The average Bonchev–Trinajstić information content (AvgIpc) is 1.07. The van der Waals surface area contributed by atoms with Gasteiger partial charge in [0.25, 0.3) is 17.7 Å². The highest BCUT2D eigenvalue weighted by atomic mass is 16.6. The van der Waals surface area contributed by atoms with Crippen molar-refractivity contribution in [1.29, 1.82) is 0 Å². The molecule has 9 N–H and O–H groups in total. The van der Waals surface area contributed by atoms with Crippen LogP contribution in [0.4, 0.5) is 11.8 Å². The van der Waals surface area contributed by atoms with Crippen molar-refractivity contribution in [1.82, 2.24) is 49.5 Å². The maximum absolute atomic E-state index is 14.7. The largest absolute Gasteiger partial charge is 0.459 e. The van der Waals surface area contributed by atoms with Gasteiger partial charge in [-0.2, -0.15) is 10.1 Å². The predicted molar refractivity (Wildman–Crippen MR) is 464 cm³/mol. The number of methoxy groups -OCH3 is 2. The lowest BCUT2D eigenvalue weighted by molar-refractivity contribution is -0.265. The topological polar surface area (TPSA) is 468 Å². The van der Waals surface area contributed by atoms with Crippen molar-refractivity contribution < 1.29 is 110 Å². The van der Waals surface area contributed by atoms with Crippen molar-refractivity contribution in [3.05, 3.63) is 84.0 Å². The number of hydrogen-bond acceptors (Lipinski definition) is 32. The molecule has 4 fully saturated rings. The Labute approximate surface area is 737 Å². The van der Waals surface area contributed by atoms with Crippen LogP contribution in [0.25, 0.3) is 33.4 Å². The number of carbonyl (C=O) groups excluding carboxylic acids is 6. The lowest BCUT2D eigenvalue weighted by Gasteiger charge is -2.42. The fourth-order valence-electron chi connectivity index (χ4n) is 16.8. The van der Waals surface area contributed by atoms with Crippen LogP contribution in [-0.4, -0.2) is 307 Å². The van der Waals surface area contributed by atoms with E-state index in [0.717, 1.165) is 34.6 Å². The fourth-order valence-corrected chi connectivity index (χ4v) is 16.8. The molecule has 1 aromatic carbocycles. The molecular formula is C90H135N13O23. The molecule has 2 bridgehead atoms. The number of ketones is 3. The molecule has 126 heavy (non-hydrogen) atoms. The van der Waals surface area contributed by atoms with Crippen LogP contribution in [0.3, 0.4) is 0 Å². The maximum Gasteiger partial charge on any atom is 0.329 e. The Morgan fingerprint density at radius 3 is 2.06 bits per heavy atom. The van der Waals surface area contributed by atoms with Crippen molar-refractivity contribution in [2.24, 2.45) is 41.2 Å². The third kappa shape index (κ3) is 29.6. The second-order valence-electron chi connectivity index (χ2n) is 33.9. The quantitative estimate of drug-likeness (QED) is 0.0103. The zero-order valence-electron chi connectivity index (χ0n) is 74.6. The number of rotatable bonds is 41. The van der Waals surface area contributed by atoms with E-state index in [-0.39, 0.29) is 79.7 Å². The number of ether oxygens (including phenoxy) is 13. The number of Topliss-reactive ketones (excluding diaryl/α,β-unsaturated/α-hetero) is 3. The van der Waals surface area contributed by atoms with Crippen LogP contribution >= 0.6 is 0 Å². The summed E-state index contributed by atoms with van der Waals surface area (Å²) in [5, 5.41) is 48.8. The molecule has 0 radical (unpaired) electrons. The van der Waals surface area contributed by atoms with E-state index in [1.165, 1.54) is 19.3 Å². The number of cyclic esters (lactones) is 1. The summed E-state index contributed by atoms with van der Waals surface area (Å²) in [6, 6.07) is 3.45. The van der Waals surface area contributed by atoms with E-state index in [2.05, 4.69) is 25.3 Å². The van der Waals surface area contributed by atoms with E-state index in [9.17, 15) is 44.1 Å². The van der Waals surface area contributed by atoms with E-state index in [0.29, 0.717) is 236 Å². The molecule has 698 valence electrons. The van der Waals surface area contributed by atoms with Crippen molar-refractivity contribution in [3.8, 4) is 11.3 Å². The molecule has 5 aromatic rings. The number of anilines is 2. The second-order valence-corrected chi connectivity index (χ2v) is 33.9. The molecule has 3 saturated heterocycles. The van der Waals surface area contributed by atoms with Crippen molar-refractivity contribution in [2.45, 2.75) is 218 Å². The minimum Gasteiger partial charge on any atom is -0.459 e. The number of unbranched alkanes of at least 4 members (excludes halogenated alkanes) is 1. The van der Waals surface area contributed by atoms with Crippen LogP contribution in [-0.2, 0) is 110 Å². The number of amides is 2. The highest BCUT2D eigenvalue weighted by molar-refractivity contribution is 6.39. The van der Waals surface area contributed by atoms with Crippen LogP contribution < -0.4 is 17.2 Å². The number of aryl methyl sites for hydroxylation is 1. The first-order chi connectivity index (χ1) is 60.8. The lowest BCUT2D eigenvalue weighted by atomic mass is 9.80. The summed E-state index contributed by atoms with van der Waals surface area (Å²) in [5.74, 6) is -8.35. The number of esters is 1. The van der Waals surface area contributed by atoms with Crippen LogP contribution in [0.5, 0.6) is 0 Å². The van der Waals surface area contributed by atoms with Gasteiger partial charge in [0.15, 0.2) is 17.0 Å². The Morgan fingerprint density at radius 2 is 1.39 bits per heavy atom. The first-order valence-electron chi connectivity index (χ1n) is 44.8. The number of piperidine rings is 1. The van der Waals surface area contributed by atoms with Gasteiger partial charge in [0.1, 0.15) is 53.5 Å². The van der Waals surface area contributed by atoms with E-state index in [1.54, 1.807) is 45.7 Å². The van der Waals surface area contributed by atoms with Crippen LogP contribution in [0.2, 0.25) is 0 Å². The smallest absolute Gasteiger partial charge is 0.329 e. The first kappa shape index (κ1) is 99.9. The minimum atomic E-state index is -2.49. The number of hydrogen-bond donors (Lipinski definition) is 6. The number of carbonyl (C=O) groups is 6. The molecule has 15 atom stereocenters. The molecule has 0 unspecified atom stereocenters. The first-order valence-corrected chi connectivity index (χ1v) is 44.8. The molecule has 4 aromatic heterocycles. The molecule has 36 nitrogen and oxygen atoms in total. The van der Waals surface area contributed by atoms with Crippen molar-refractivity contribution in [3.63, 3.8) is 0 Å². The number of allylic oxidation sites excluding steroid dienone is 6. The standard InChI is InChI=1S/C90H135N13O23/c1-58-16-10-9-11-17-59(2)75(113-7)51-68-23-20-63(6)90(112,126-68)84(109)87(110)102-27-14-12-19-71(102)88(111)124-76(52-72(104)60(3)47-62(5)82(107)83(108)81(106)61(4)46-58)69(91)48-64-21-24-74(77(49-64)114-8)123-29-15-13-18-67-56-101(99-97-67)28-31-116-33-35-118-37-39-120-41-43-122-45-44-121-42-40-119-38-36-117-34-32-115-30-26-78(105)100-53-65(54-100)55-103-86-79(85(92)94-57-95-86)80(98-103)66-22-25-73-70(50-66)96-89(93)125-73/h9-11,16-17,22,25,47,50,56-58,60-61,63-65,68-69,71,74-77,82-83,107-108,112H,12-15,18-21,23-24,26-46,48-49,51-55,91H2,1-8H3,(H2,93,96)(H2,92,94,95)/b11-9+,16-10+,59-17+,62-47+/t58-,60-,61-,63-,64+,68+,69-,71+,74-,75+,76+,77-,82-,83+,90-/m1/s1. The number of nitrogens with zero attached hydrogens (tertiary/aromatic N) is 10. The van der Waals surface area contributed by atoms with Gasteiger partial charge in [-0.25, -0.2) is 24.1 Å². The van der Waals surface area contributed by atoms with Crippen LogP contribution in [0, 0.1) is 35.5 Å². The summed E-state index contributed by atoms with van der Waals surface area (Å²) in [4.78, 5) is 100. The molecule has 5 aliphatic rings. The molecule has 36 heteroatoms. The molecular weight excluding hydrogens is 1630 g/mol. The van der Waals surface area contributed by atoms with E-state index < -0.39 is 95.4 Å². The van der Waals surface area contributed by atoms with Gasteiger partial charge < -0.3 is 108 Å². The number of oxazole rings is 1. The fraction of sp³-hybridized carbons (Fsp3) is 0.689. The highest BCUT2D eigenvalue weighted by Gasteiger charge is 2.53. The van der Waals surface area contributed by atoms with E-state index in [1.807, 2.05) is 72.1 Å². The van der Waals surface area contributed by atoms with Crippen molar-refractivity contribution in [2.75, 3.05) is 158 Å². The normalized spacial score (nSPS) is 27.4. The lowest BCUT2D eigenvalue weighted by Crippen LogP contribution is -2.61. The summed E-state index contributed by atoms with van der Waals surface area (Å²) in [6.07, 6.45) is 15.2. The van der Waals surface area contributed by atoms with Crippen molar-refractivity contribution >= 4 is 69.1 Å². The zero-order valence-corrected chi connectivity index (χ0v) is 74.6. The number of benzene rings is 1. The highest BCUT2D eigenvalue weighted by Crippen LogP contribution is 2.39. The monoisotopic (exact) mass is 1770 g/mol. The molecule has 1 aliphatic carbocycles. The Bertz CT molecular complexity index is 4380. The third-order valence-corrected chi connectivity index (χ3v) is 24.2. The average molecular weight is 1770 g/mol. The van der Waals surface area contributed by atoms with Gasteiger partial charge in [-0.3, -0.25) is 24.0 Å². The predicted octanol–water partition coefficient (Wildman–Crippen LogP) is 6.65. The number of aliphatic hydroxyl groups excluding tert-OH is 2. The summed E-state index contributed by atoms with van der Waals surface area (Å²) >= 11 is 0. The summed E-state index contributed by atoms with van der Waals surface area (Å²) < 4.78 is 84.9. The summed E-state index contributed by atoms with van der Waals surface area (Å²) in [6.45, 7) is 19.7. The Balaban J connectivity index is 0.541. The van der Waals surface area contributed by atoms with Gasteiger partial charge in [-0.05, 0) is 138 Å². The Morgan fingerprint density at radius 1 is 0.714 bits per heavy atom. The number of aliphatic hydroxyl groups is 3. The Kier molecular flexibility index (Phi) is 40.6. The number of fused-ring (bicyclic) bond motifs is 5. The maximum atomic E-state index is 14.7. The van der Waals surface area contributed by atoms with Gasteiger partial charge >= 0.3 is 5.97 Å². The van der Waals surface area contributed by atoms with Gasteiger partial charge in [0, 0.05) is 101 Å².